The van der Waals surface area contributed by atoms with Crippen LogP contribution in [0, 0.1) is 47.3 Å². The van der Waals surface area contributed by atoms with E-state index >= 15 is 18.6 Å². The van der Waals surface area contributed by atoms with E-state index in [1.54, 1.807) is 41.5 Å². The number of aromatic nitrogens is 1. The number of carbonyl (C=O) groups is 17. The summed E-state index contributed by atoms with van der Waals surface area (Å²) in [6.07, 6.45) is -8.29. The minimum Gasteiger partial charge on any atom is -0.481 e. The predicted octanol–water partition coefficient (Wildman–Crippen LogP) is -4.04. The Morgan fingerprint density at radius 1 is 0.631 bits per heavy atom. The maximum Gasteiger partial charge on any atom is 0.304 e. The van der Waals surface area contributed by atoms with Gasteiger partial charge in [0.15, 0.2) is 17.3 Å². The van der Waals surface area contributed by atoms with Gasteiger partial charge in [-0.05, 0) is 72.8 Å². The van der Waals surface area contributed by atoms with Gasteiger partial charge in [0, 0.05) is 106 Å². The van der Waals surface area contributed by atoms with Crippen molar-refractivity contribution in [3.8, 4) is 11.8 Å². The molecule has 5 heterocycles. The van der Waals surface area contributed by atoms with Crippen LogP contribution in [0.3, 0.4) is 0 Å². The molecule has 36 nitrogen and oxygen atoms in total. The van der Waals surface area contributed by atoms with Crippen LogP contribution in [0.5, 0.6) is 0 Å². The molecule has 7 unspecified atom stereocenters. The van der Waals surface area contributed by atoms with E-state index in [0.717, 1.165) is 4.90 Å². The number of aliphatic hydroxyl groups excluding tert-OH is 3. The summed E-state index contributed by atoms with van der Waals surface area (Å²) in [7, 11) is -2.70. The molecule has 0 spiro atoms. The number of aromatic amines is 1. The van der Waals surface area contributed by atoms with Crippen molar-refractivity contribution >= 4 is 122 Å². The molecule has 4 aliphatic rings. The number of amides is 11. The average molecular weight is 1580 g/mol. The first kappa shape index (κ1) is 90.1. The first-order valence-corrected chi connectivity index (χ1v) is 38.5. The molecule has 610 valence electrons. The summed E-state index contributed by atoms with van der Waals surface area (Å²) in [5.74, 6) is -18.3. The van der Waals surface area contributed by atoms with E-state index in [4.69, 9.17) is 9.47 Å². The largest absolute Gasteiger partial charge is 0.481 e. The number of carboxylic acid groups (broad SMARTS) is 1. The number of aliphatic carboxylic acids is 1. The summed E-state index contributed by atoms with van der Waals surface area (Å²) < 4.78 is 26.8. The van der Waals surface area contributed by atoms with E-state index in [1.807, 2.05) is 0 Å². The Morgan fingerprint density at radius 3 is 1.88 bits per heavy atom. The Hall–Kier alpha value is -9.74. The van der Waals surface area contributed by atoms with Crippen molar-refractivity contribution in [1.82, 2.24) is 63.1 Å². The molecule has 111 heavy (non-hydrogen) atoms. The molecule has 2 aromatic rings. The lowest BCUT2D eigenvalue weighted by Gasteiger charge is -2.32. The fraction of sp³-hybridized carbons (Fsp3) is 0.635. The number of hydrogen-bond donors (Lipinski definition) is 15. The van der Waals surface area contributed by atoms with Gasteiger partial charge in [-0.25, -0.2) is 0 Å². The van der Waals surface area contributed by atoms with Crippen molar-refractivity contribution in [1.29, 1.82) is 0 Å². The molecule has 0 saturated carbocycles. The minimum atomic E-state index is -2.70. The van der Waals surface area contributed by atoms with Crippen LogP contribution in [0.1, 0.15) is 137 Å². The van der Waals surface area contributed by atoms with Crippen LogP contribution in [0.15, 0.2) is 17.2 Å². The smallest absolute Gasteiger partial charge is 0.304 e. The fourth-order valence-electron chi connectivity index (χ4n) is 13.0. The first-order valence-electron chi connectivity index (χ1n) is 37.2. The Bertz CT molecular complexity index is 3940. The van der Waals surface area contributed by atoms with E-state index in [1.165, 1.54) is 32.9 Å². The summed E-state index contributed by atoms with van der Waals surface area (Å²) in [5.41, 5.74) is -0.157. The van der Waals surface area contributed by atoms with Crippen LogP contribution >= 0.6 is 0 Å². The van der Waals surface area contributed by atoms with Crippen LogP contribution in [0.25, 0.3) is 10.9 Å². The van der Waals surface area contributed by atoms with Gasteiger partial charge < -0.3 is 93.0 Å². The third kappa shape index (κ3) is 26.5. The second-order valence-corrected chi connectivity index (χ2v) is 30.6. The standard InChI is InChI=1S/C74H104N12O24S/c1-10-38(6)65-70(104)77-31-61(97)80-53-35-111(108)73-50(30-52(68(102)76-32-62(98)84-65)81-72(106)66(39(7)58(94)34-87)85-69(103)54-29-47(90)33-86(54)74(107)44(26-57(53)93)27-63(99)100)49-22-42-24-55(91)41(9)79-71(105)64(37(4)5)83-60(96)16-20-109-18-11-12-45(88)13-14-59(95)75-17-21-110-19-15-46(89)28-48(36(2)3)67(101)78-40(8)56(92)25-43(42)23-51(49)82-73/h22-23,36-41,44,47-48,52-54,58,64-66,82,87,90,94H,10-12,15-21,24-35H2,1-9H3,(H,75,95)(H,76,102)(H,77,104)(H,78,101)(H,79,105)(H,80,97)(H,81,106)(H,83,96)(H,84,98)(H,85,103)(H,99,100)/t38-,39?,40?,41?,44-,47+,48?,52-,53-,54-,58?,64?,65-,66-,111?/m0/s1. The van der Waals surface area contributed by atoms with Crippen molar-refractivity contribution in [2.75, 3.05) is 65.0 Å². The lowest BCUT2D eigenvalue weighted by molar-refractivity contribution is -0.148. The second-order valence-electron chi connectivity index (χ2n) is 29.2. The maximum absolute atomic E-state index is 15.7. The number of rotatable bonds is 9. The van der Waals surface area contributed by atoms with Crippen LogP contribution in [0.2, 0.25) is 0 Å². The van der Waals surface area contributed by atoms with Gasteiger partial charge in [0.05, 0.1) is 98.7 Å². The van der Waals surface area contributed by atoms with Crippen LogP contribution in [-0.4, -0.2) is 260 Å². The Morgan fingerprint density at radius 2 is 1.24 bits per heavy atom. The highest BCUT2D eigenvalue weighted by atomic mass is 32.2. The van der Waals surface area contributed by atoms with Gasteiger partial charge >= 0.3 is 5.97 Å². The highest BCUT2D eigenvalue weighted by Crippen LogP contribution is 2.33. The van der Waals surface area contributed by atoms with Crippen molar-refractivity contribution in [2.24, 2.45) is 35.5 Å². The summed E-state index contributed by atoms with van der Waals surface area (Å²) in [6, 6.07) is -10.3. The topological polar surface area (TPSA) is 546 Å². The van der Waals surface area contributed by atoms with Gasteiger partial charge in [-0.2, -0.15) is 0 Å². The van der Waals surface area contributed by atoms with E-state index < -0.39 is 271 Å². The molecule has 2 bridgehead atoms. The Balaban J connectivity index is 1.57. The highest BCUT2D eigenvalue weighted by molar-refractivity contribution is 7.85. The zero-order chi connectivity index (χ0) is 82.2. The molecule has 1 saturated heterocycles. The van der Waals surface area contributed by atoms with E-state index in [-0.39, 0.29) is 110 Å². The number of fused-ring (bicyclic) bond motifs is 6. The molecule has 0 radical (unpaired) electrons. The Kier molecular flexibility index (Phi) is 34.6. The molecule has 1 aromatic heterocycles. The zero-order valence-corrected chi connectivity index (χ0v) is 64.6. The van der Waals surface area contributed by atoms with Crippen LogP contribution in [-0.2, 0) is 121 Å². The number of ether oxygens (including phenoxy) is 2. The Labute approximate surface area is 643 Å². The van der Waals surface area contributed by atoms with E-state index in [0.29, 0.717) is 0 Å². The number of H-pyrrole nitrogens is 1. The van der Waals surface area contributed by atoms with Gasteiger partial charge in [-0.15, -0.1) is 0 Å². The summed E-state index contributed by atoms with van der Waals surface area (Å²) in [5, 5.41) is 67.5. The molecule has 37 heteroatoms. The van der Waals surface area contributed by atoms with Crippen LogP contribution < -0.4 is 53.2 Å². The van der Waals surface area contributed by atoms with Crippen LogP contribution in [0.4, 0.5) is 0 Å². The second kappa shape index (κ2) is 42.6. The molecule has 4 aliphatic heterocycles. The monoisotopic (exact) mass is 1580 g/mol. The van der Waals surface area contributed by atoms with Gasteiger partial charge in [0.25, 0.3) is 5.91 Å². The molecular formula is C74H104N12O24S. The molecule has 15 N–H and O–H groups in total. The lowest BCUT2D eigenvalue weighted by Crippen LogP contribution is -2.61. The third-order valence-electron chi connectivity index (χ3n) is 19.9. The fourth-order valence-corrected chi connectivity index (χ4v) is 14.4. The zero-order valence-electron chi connectivity index (χ0n) is 63.8. The van der Waals surface area contributed by atoms with E-state index in [2.05, 4.69) is 70.0 Å². The van der Waals surface area contributed by atoms with Gasteiger partial charge in [0.1, 0.15) is 41.0 Å². The van der Waals surface area contributed by atoms with Gasteiger partial charge in [0.2, 0.25) is 64.9 Å². The normalized spacial score (nSPS) is 27.6. The first-order chi connectivity index (χ1) is 52.4. The minimum absolute atomic E-state index is 0.00939. The number of carboxylic acids is 1. The summed E-state index contributed by atoms with van der Waals surface area (Å²) in [4.78, 5) is 243. The number of Topliss-reactive ketones (excluding diaryl/α,β-unsaturated/α-hetero) is 5. The van der Waals surface area contributed by atoms with E-state index in [9.17, 15) is 87.5 Å². The molecule has 1 fully saturated rings. The predicted molar refractivity (Wildman–Crippen MR) is 393 cm³/mol. The molecule has 11 amide bonds. The summed E-state index contributed by atoms with van der Waals surface area (Å²) >= 11 is 0. The molecule has 1 aromatic carbocycles. The SMILES string of the molecule is CC[C@H](C)[C@@H]1NC(=O)CNC(=O)[C@@H]2Cc3c([nH]c4cc5c(cc34)CC(=O)C(C)NC(=O)C(C(C)C)NC(=O)CCOCCCC(=O)C#CC(=O)NCCOCCC(=O)CC(C(C)C)C(=O)NC(C)C(=O)C5)S(=O)C[C@H](NC(=O)CNC1=O)C(=O)C[C@@H](CC(=O)O)C(=O)N1C[C@H](O)C[C@H]1C(=O)N[C@@H](C(C)C(O)CO)C(=O)N2. The van der Waals surface area contributed by atoms with Gasteiger partial charge in [-0.1, -0.05) is 54.9 Å². The quantitative estimate of drug-likeness (QED) is 0.0840. The number of carbonyl (C=O) groups excluding carboxylic acids is 16. The molecule has 0 aliphatic carbocycles. The number of aliphatic hydroxyl groups is 3. The average Bonchev–Trinajstić information content (AvgIpc) is 1.62. The number of nitrogens with zero attached hydrogens (tertiary/aromatic N) is 1. The van der Waals surface area contributed by atoms with Crippen molar-refractivity contribution in [2.45, 2.75) is 205 Å². The highest BCUT2D eigenvalue weighted by Gasteiger charge is 2.46. The summed E-state index contributed by atoms with van der Waals surface area (Å²) in [6.45, 7) is 10.2. The molecule has 15 atom stereocenters. The van der Waals surface area contributed by atoms with Gasteiger partial charge in [-0.3, -0.25) is 85.7 Å². The number of nitrogens with one attached hydrogen (secondary N) is 11. The van der Waals surface area contributed by atoms with Crippen molar-refractivity contribution in [3.05, 3.63) is 28.8 Å². The number of benzene rings is 1. The van der Waals surface area contributed by atoms with Crippen molar-refractivity contribution < 1.29 is 116 Å². The third-order valence-corrected chi connectivity index (χ3v) is 21.4. The number of hydrogen-bond acceptors (Lipinski definition) is 23. The molecular weight excluding hydrogens is 1470 g/mol. The lowest BCUT2D eigenvalue weighted by atomic mass is 9.88. The van der Waals surface area contributed by atoms with Crippen molar-refractivity contribution in [3.63, 3.8) is 0 Å². The maximum atomic E-state index is 15.7. The molecule has 6 rings (SSSR count). The number of ketones is 5.